The molecular formula is C26H26N2O4. The molecule has 0 fully saturated rings. The molecule has 3 aromatic rings. The molecule has 0 unspecified atom stereocenters. The summed E-state index contributed by atoms with van der Waals surface area (Å²) in [5.41, 5.74) is 3.55. The van der Waals surface area contributed by atoms with Crippen LogP contribution in [0.4, 0.5) is 11.4 Å². The molecule has 3 aromatic carbocycles. The monoisotopic (exact) mass is 430 g/mol. The molecule has 1 aliphatic rings. The molecule has 0 saturated heterocycles. The molecule has 1 heterocycles. The minimum absolute atomic E-state index is 0.0369. The van der Waals surface area contributed by atoms with Crippen molar-refractivity contribution in [3.63, 3.8) is 0 Å². The van der Waals surface area contributed by atoms with Gasteiger partial charge in [0.1, 0.15) is 13.2 Å². The van der Waals surface area contributed by atoms with E-state index in [1.807, 2.05) is 24.3 Å². The molecule has 0 spiro atoms. The Morgan fingerprint density at radius 3 is 1.75 bits per heavy atom. The Hall–Kier alpha value is -3.80. The van der Waals surface area contributed by atoms with Crippen molar-refractivity contribution in [3.05, 3.63) is 83.4 Å². The van der Waals surface area contributed by atoms with Crippen molar-refractivity contribution in [2.24, 2.45) is 0 Å². The number of hydrogen-bond acceptors (Lipinski definition) is 4. The highest BCUT2D eigenvalue weighted by Gasteiger charge is 2.16. The van der Waals surface area contributed by atoms with Crippen molar-refractivity contribution in [1.82, 2.24) is 0 Å². The highest BCUT2D eigenvalue weighted by atomic mass is 16.6. The Bertz CT molecular complexity index is 1130. The number of nitrogens with one attached hydrogen (secondary N) is 2. The zero-order chi connectivity index (χ0) is 22.7. The van der Waals surface area contributed by atoms with Gasteiger partial charge in [-0.25, -0.2) is 0 Å². The van der Waals surface area contributed by atoms with E-state index in [-0.39, 0.29) is 17.2 Å². The van der Waals surface area contributed by atoms with E-state index in [1.165, 1.54) is 5.56 Å². The lowest BCUT2D eigenvalue weighted by molar-refractivity contribution is 0.101. The van der Waals surface area contributed by atoms with Gasteiger partial charge in [0, 0.05) is 22.5 Å². The number of carbonyl (C=O) groups is 2. The summed E-state index contributed by atoms with van der Waals surface area (Å²) in [4.78, 5) is 25.1. The zero-order valence-corrected chi connectivity index (χ0v) is 18.4. The van der Waals surface area contributed by atoms with Gasteiger partial charge in [0.25, 0.3) is 11.8 Å². The molecule has 6 nitrogen and oxygen atoms in total. The Labute approximate surface area is 187 Å². The van der Waals surface area contributed by atoms with Crippen LogP contribution in [0, 0.1) is 0 Å². The van der Waals surface area contributed by atoms with Gasteiger partial charge in [0.2, 0.25) is 0 Å². The summed E-state index contributed by atoms with van der Waals surface area (Å²) in [5.74, 6) is 0.773. The van der Waals surface area contributed by atoms with Gasteiger partial charge < -0.3 is 20.1 Å². The van der Waals surface area contributed by atoms with Crippen LogP contribution in [0.25, 0.3) is 0 Å². The Morgan fingerprint density at radius 2 is 1.19 bits per heavy atom. The maximum absolute atomic E-state index is 12.6. The van der Waals surface area contributed by atoms with Crippen LogP contribution < -0.4 is 20.1 Å². The van der Waals surface area contributed by atoms with Crippen molar-refractivity contribution in [2.45, 2.75) is 26.2 Å². The lowest BCUT2D eigenvalue weighted by Crippen LogP contribution is -2.17. The third kappa shape index (κ3) is 4.91. The lowest BCUT2D eigenvalue weighted by atomic mass is 9.87. The molecule has 32 heavy (non-hydrogen) atoms. The van der Waals surface area contributed by atoms with Gasteiger partial charge in [0.15, 0.2) is 11.5 Å². The van der Waals surface area contributed by atoms with Crippen LogP contribution >= 0.6 is 0 Å². The topological polar surface area (TPSA) is 76.7 Å². The van der Waals surface area contributed by atoms with E-state index in [9.17, 15) is 9.59 Å². The number of ether oxygens (including phenoxy) is 2. The van der Waals surface area contributed by atoms with Gasteiger partial charge in [-0.3, -0.25) is 9.59 Å². The minimum Gasteiger partial charge on any atom is -0.486 e. The van der Waals surface area contributed by atoms with Crippen LogP contribution in [0.2, 0.25) is 0 Å². The van der Waals surface area contributed by atoms with E-state index >= 15 is 0 Å². The summed E-state index contributed by atoms with van der Waals surface area (Å²) in [6, 6.07) is 19.7. The van der Waals surface area contributed by atoms with Crippen LogP contribution in [0.15, 0.2) is 66.7 Å². The first-order chi connectivity index (χ1) is 15.3. The fourth-order valence-electron chi connectivity index (χ4n) is 3.35. The number of fused-ring (bicyclic) bond motifs is 1. The molecule has 0 saturated carbocycles. The molecular weight excluding hydrogens is 404 g/mol. The number of hydrogen-bond donors (Lipinski definition) is 2. The normalized spacial score (nSPS) is 12.7. The maximum Gasteiger partial charge on any atom is 0.255 e. The number of rotatable bonds is 4. The van der Waals surface area contributed by atoms with Gasteiger partial charge >= 0.3 is 0 Å². The highest BCUT2D eigenvalue weighted by molar-refractivity contribution is 6.06. The third-order valence-corrected chi connectivity index (χ3v) is 5.22. The summed E-state index contributed by atoms with van der Waals surface area (Å²) < 4.78 is 11.0. The van der Waals surface area contributed by atoms with Crippen molar-refractivity contribution < 1.29 is 19.1 Å². The van der Waals surface area contributed by atoms with E-state index in [0.29, 0.717) is 47.2 Å². The van der Waals surface area contributed by atoms with Crippen molar-refractivity contribution >= 4 is 23.2 Å². The first kappa shape index (κ1) is 21.4. The second kappa shape index (κ2) is 8.75. The minimum atomic E-state index is -0.252. The zero-order valence-electron chi connectivity index (χ0n) is 18.4. The smallest absolute Gasteiger partial charge is 0.255 e. The summed E-state index contributed by atoms with van der Waals surface area (Å²) in [5, 5.41) is 5.73. The summed E-state index contributed by atoms with van der Waals surface area (Å²) in [6.45, 7) is 7.37. The Kier molecular flexibility index (Phi) is 5.86. The molecule has 0 bridgehead atoms. The molecule has 0 radical (unpaired) electrons. The fraction of sp³-hybridized carbons (Fsp3) is 0.231. The van der Waals surface area contributed by atoms with E-state index in [1.54, 1.807) is 42.5 Å². The molecule has 2 N–H and O–H groups in total. The van der Waals surface area contributed by atoms with Gasteiger partial charge in [0.05, 0.1) is 0 Å². The lowest BCUT2D eigenvalue weighted by Gasteiger charge is -2.19. The van der Waals surface area contributed by atoms with Crippen LogP contribution in [0.1, 0.15) is 47.1 Å². The molecule has 6 heteroatoms. The summed E-state index contributed by atoms with van der Waals surface area (Å²) in [7, 11) is 0. The van der Waals surface area contributed by atoms with Crippen molar-refractivity contribution in [2.75, 3.05) is 23.8 Å². The SMILES string of the molecule is CC(C)(C)c1ccc(C(=O)Nc2ccc(NC(=O)c3ccc4c(c3)OCCO4)cc2)cc1. The third-order valence-electron chi connectivity index (χ3n) is 5.22. The van der Waals surface area contributed by atoms with Crippen LogP contribution in [0.5, 0.6) is 11.5 Å². The first-order valence-corrected chi connectivity index (χ1v) is 10.5. The van der Waals surface area contributed by atoms with Gasteiger partial charge in [-0.15, -0.1) is 0 Å². The van der Waals surface area contributed by atoms with Gasteiger partial charge in [-0.1, -0.05) is 32.9 Å². The maximum atomic E-state index is 12.6. The quantitative estimate of drug-likeness (QED) is 0.592. The molecule has 0 aliphatic carbocycles. The number of benzene rings is 3. The second-order valence-corrected chi connectivity index (χ2v) is 8.67. The van der Waals surface area contributed by atoms with Crippen molar-refractivity contribution in [1.29, 1.82) is 0 Å². The summed E-state index contributed by atoms with van der Waals surface area (Å²) in [6.07, 6.45) is 0. The van der Waals surface area contributed by atoms with Crippen LogP contribution in [0.3, 0.4) is 0 Å². The van der Waals surface area contributed by atoms with E-state index < -0.39 is 0 Å². The standard InChI is InChI=1S/C26H26N2O4/c1-26(2,3)19-7-4-17(5-8-19)24(29)27-20-9-11-21(12-10-20)28-25(30)18-6-13-22-23(16-18)32-15-14-31-22/h4-13,16H,14-15H2,1-3H3,(H,27,29)(H,28,30). The van der Waals surface area contributed by atoms with Crippen LogP contribution in [-0.2, 0) is 5.41 Å². The predicted octanol–water partition coefficient (Wildman–Crippen LogP) is 5.26. The van der Waals surface area contributed by atoms with Gasteiger partial charge in [-0.05, 0) is 65.6 Å². The molecule has 1 aliphatic heterocycles. The van der Waals surface area contributed by atoms with Crippen LogP contribution in [-0.4, -0.2) is 25.0 Å². The molecule has 2 amide bonds. The van der Waals surface area contributed by atoms with E-state index in [0.717, 1.165) is 0 Å². The fourth-order valence-corrected chi connectivity index (χ4v) is 3.35. The average molecular weight is 431 g/mol. The first-order valence-electron chi connectivity index (χ1n) is 10.5. The number of anilines is 2. The Balaban J connectivity index is 1.37. The molecule has 0 aromatic heterocycles. The predicted molar refractivity (Wildman–Crippen MR) is 125 cm³/mol. The van der Waals surface area contributed by atoms with E-state index in [4.69, 9.17) is 9.47 Å². The average Bonchev–Trinajstić information content (AvgIpc) is 2.79. The van der Waals surface area contributed by atoms with Crippen molar-refractivity contribution in [3.8, 4) is 11.5 Å². The summed E-state index contributed by atoms with van der Waals surface area (Å²) >= 11 is 0. The largest absolute Gasteiger partial charge is 0.486 e. The second-order valence-electron chi connectivity index (χ2n) is 8.67. The highest BCUT2D eigenvalue weighted by Crippen LogP contribution is 2.31. The Morgan fingerprint density at radius 1 is 0.688 bits per heavy atom. The molecule has 0 atom stereocenters. The molecule has 164 valence electrons. The number of carbonyl (C=O) groups excluding carboxylic acids is 2. The molecule has 4 rings (SSSR count). The van der Waals surface area contributed by atoms with E-state index in [2.05, 4.69) is 31.4 Å². The van der Waals surface area contributed by atoms with Gasteiger partial charge in [-0.2, -0.15) is 0 Å². The number of amides is 2.